The zero-order valence-electron chi connectivity index (χ0n) is 6.46. The lowest BCUT2D eigenvalue weighted by atomic mass is 10.1. The highest BCUT2D eigenvalue weighted by atomic mass is 19.2. The van der Waals surface area contributed by atoms with Crippen LogP contribution in [0.15, 0.2) is 30.3 Å². The van der Waals surface area contributed by atoms with Crippen LogP contribution in [0.4, 0.5) is 4.48 Å². The first-order valence-corrected chi connectivity index (χ1v) is 3.64. The lowest BCUT2D eigenvalue weighted by Crippen LogP contribution is -2.25. The summed E-state index contributed by atoms with van der Waals surface area (Å²) in [4.78, 5) is 10.1. The quantitative estimate of drug-likeness (QED) is 0.680. The number of benzene rings is 1. The van der Waals surface area contributed by atoms with E-state index in [1.54, 1.807) is 6.29 Å². The largest absolute Gasteiger partial charge is 0.289 e. The van der Waals surface area contributed by atoms with E-state index in [9.17, 15) is 9.28 Å². The zero-order valence-corrected chi connectivity index (χ0v) is 6.46. The minimum atomic E-state index is -0.854. The van der Waals surface area contributed by atoms with Gasteiger partial charge in [0.15, 0.2) is 0 Å². The lowest BCUT2D eigenvalue weighted by molar-refractivity contribution is 0.303. The van der Waals surface area contributed by atoms with Crippen molar-refractivity contribution in [3.8, 4) is 0 Å². The molecule has 0 aliphatic carbocycles. The molecule has 0 spiro atoms. The summed E-state index contributed by atoms with van der Waals surface area (Å²) in [7, 11) is 0. The highest BCUT2D eigenvalue weighted by Crippen LogP contribution is 2.01. The Kier molecular flexibility index (Phi) is 3.41. The van der Waals surface area contributed by atoms with Gasteiger partial charge in [-0.15, -0.1) is 10.0 Å². The maximum absolute atomic E-state index is 11.8. The van der Waals surface area contributed by atoms with Crippen molar-refractivity contribution < 1.29 is 9.28 Å². The van der Waals surface area contributed by atoms with E-state index < -0.39 is 6.04 Å². The Morgan fingerprint density at radius 1 is 1.42 bits per heavy atom. The molecule has 12 heavy (non-hydrogen) atoms. The van der Waals surface area contributed by atoms with Crippen molar-refractivity contribution in [2.45, 2.75) is 12.5 Å². The second-order valence-corrected chi connectivity index (χ2v) is 2.47. The number of carbonyl (C=O) groups excluding carboxylic acids is 1. The van der Waals surface area contributed by atoms with Crippen molar-refractivity contribution >= 4 is 6.29 Å². The van der Waals surface area contributed by atoms with Crippen molar-refractivity contribution in [1.29, 1.82) is 0 Å². The van der Waals surface area contributed by atoms with E-state index in [0.29, 0.717) is 6.42 Å². The third-order valence-electron chi connectivity index (χ3n) is 1.56. The molecular formula is C9H9FNO. The second kappa shape index (κ2) is 4.62. The van der Waals surface area contributed by atoms with Gasteiger partial charge in [-0.25, -0.2) is 0 Å². The van der Waals surface area contributed by atoms with Crippen LogP contribution in [0.2, 0.25) is 0 Å². The summed E-state index contributed by atoms with van der Waals surface area (Å²) in [5.74, 6) is 0. The lowest BCUT2D eigenvalue weighted by Gasteiger charge is -2.04. The molecule has 0 saturated carbocycles. The van der Waals surface area contributed by atoms with Crippen LogP contribution in [-0.4, -0.2) is 12.3 Å². The molecule has 1 atom stereocenters. The number of nitrogens with one attached hydrogen (secondary N) is 1. The van der Waals surface area contributed by atoms with Gasteiger partial charge in [-0.2, -0.15) is 0 Å². The van der Waals surface area contributed by atoms with Crippen LogP contribution in [0.5, 0.6) is 0 Å². The van der Waals surface area contributed by atoms with E-state index in [2.05, 4.69) is 0 Å². The van der Waals surface area contributed by atoms with Crippen LogP contribution in [0, 0.1) is 0 Å². The van der Waals surface area contributed by atoms with Gasteiger partial charge in [-0.1, -0.05) is 30.3 Å². The Morgan fingerprint density at radius 3 is 2.58 bits per heavy atom. The SMILES string of the molecule is O=[C][C@H](Cc1ccccc1)NF. The smallest absolute Gasteiger partial charge is 0.219 e. The highest BCUT2D eigenvalue weighted by Gasteiger charge is 2.07. The Bertz CT molecular complexity index is 238. The standard InChI is InChI=1S/C9H9FNO/c10-11-9(7-12)6-8-4-2-1-3-5-8/h1-5,9,11H,6H2/t9-/m0/s1. The van der Waals surface area contributed by atoms with Crippen molar-refractivity contribution in [2.75, 3.05) is 0 Å². The van der Waals surface area contributed by atoms with Gasteiger partial charge in [-0.05, 0) is 12.0 Å². The predicted octanol–water partition coefficient (Wildman–Crippen LogP) is 1.18. The van der Waals surface area contributed by atoms with Crippen LogP contribution in [-0.2, 0) is 11.2 Å². The molecule has 3 heteroatoms. The Hall–Kier alpha value is -1.22. The first kappa shape index (κ1) is 8.87. The summed E-state index contributed by atoms with van der Waals surface area (Å²) in [5, 5.41) is 0. The maximum Gasteiger partial charge on any atom is 0.219 e. The average molecular weight is 166 g/mol. The van der Waals surface area contributed by atoms with Crippen LogP contribution in [0.1, 0.15) is 5.56 Å². The molecule has 0 aromatic heterocycles. The molecule has 0 saturated heterocycles. The van der Waals surface area contributed by atoms with Gasteiger partial charge in [0, 0.05) is 0 Å². The minimum absolute atomic E-state index is 0.334. The van der Waals surface area contributed by atoms with E-state index in [1.165, 1.54) is 5.54 Å². The van der Waals surface area contributed by atoms with E-state index in [4.69, 9.17) is 0 Å². The fraction of sp³-hybridized carbons (Fsp3) is 0.222. The Labute approximate surface area is 70.3 Å². The fourth-order valence-corrected chi connectivity index (χ4v) is 0.952. The summed E-state index contributed by atoms with van der Waals surface area (Å²) >= 11 is 0. The van der Waals surface area contributed by atoms with Gasteiger partial charge in [0.2, 0.25) is 6.29 Å². The van der Waals surface area contributed by atoms with Crippen molar-refractivity contribution in [2.24, 2.45) is 0 Å². The molecule has 1 rings (SSSR count). The molecule has 1 aromatic rings. The maximum atomic E-state index is 11.8. The molecule has 1 aromatic carbocycles. The molecule has 0 aliphatic rings. The average Bonchev–Trinajstić information content (AvgIpc) is 2.16. The highest BCUT2D eigenvalue weighted by molar-refractivity contribution is 5.58. The molecule has 0 aliphatic heterocycles. The van der Waals surface area contributed by atoms with Gasteiger partial charge in [0.1, 0.15) is 6.04 Å². The summed E-state index contributed by atoms with van der Waals surface area (Å²) in [6, 6.07) is 8.37. The normalized spacial score (nSPS) is 12.4. The van der Waals surface area contributed by atoms with Gasteiger partial charge >= 0.3 is 0 Å². The van der Waals surface area contributed by atoms with E-state index in [-0.39, 0.29) is 0 Å². The predicted molar refractivity (Wildman–Crippen MR) is 43.9 cm³/mol. The second-order valence-electron chi connectivity index (χ2n) is 2.47. The Morgan fingerprint density at radius 2 is 2.08 bits per heavy atom. The molecule has 0 amide bonds. The van der Waals surface area contributed by atoms with Gasteiger partial charge in [-0.3, -0.25) is 4.79 Å². The topological polar surface area (TPSA) is 29.1 Å². The molecule has 63 valence electrons. The molecular weight excluding hydrogens is 157 g/mol. The van der Waals surface area contributed by atoms with Crippen LogP contribution in [0.25, 0.3) is 0 Å². The summed E-state index contributed by atoms with van der Waals surface area (Å²) in [6.45, 7) is 0. The number of hydrogen-bond donors (Lipinski definition) is 1. The molecule has 1 N–H and O–H groups in total. The van der Waals surface area contributed by atoms with E-state index in [0.717, 1.165) is 5.56 Å². The van der Waals surface area contributed by atoms with Crippen molar-refractivity contribution in [1.82, 2.24) is 5.54 Å². The van der Waals surface area contributed by atoms with E-state index >= 15 is 0 Å². The zero-order chi connectivity index (χ0) is 8.81. The van der Waals surface area contributed by atoms with Crippen molar-refractivity contribution in [3.63, 3.8) is 0 Å². The Balaban J connectivity index is 2.56. The van der Waals surface area contributed by atoms with Crippen molar-refractivity contribution in [3.05, 3.63) is 35.9 Å². The van der Waals surface area contributed by atoms with E-state index in [1.807, 2.05) is 30.3 Å². The molecule has 0 unspecified atom stereocenters. The molecule has 0 heterocycles. The molecule has 0 fully saturated rings. The fourth-order valence-electron chi connectivity index (χ4n) is 0.952. The summed E-state index contributed by atoms with van der Waals surface area (Å²) in [6.07, 6.45) is 1.90. The number of halogens is 1. The first-order chi connectivity index (χ1) is 5.86. The van der Waals surface area contributed by atoms with Crippen LogP contribution < -0.4 is 5.54 Å². The summed E-state index contributed by atoms with van der Waals surface area (Å²) in [5.41, 5.74) is 2.29. The van der Waals surface area contributed by atoms with Gasteiger partial charge in [0.05, 0.1) is 0 Å². The summed E-state index contributed by atoms with van der Waals surface area (Å²) < 4.78 is 11.8. The molecule has 0 bridgehead atoms. The number of hydrogen-bond acceptors (Lipinski definition) is 2. The van der Waals surface area contributed by atoms with Gasteiger partial charge < -0.3 is 0 Å². The first-order valence-electron chi connectivity index (χ1n) is 3.64. The third-order valence-corrected chi connectivity index (χ3v) is 1.56. The van der Waals surface area contributed by atoms with Crippen LogP contribution in [0.3, 0.4) is 0 Å². The molecule has 2 nitrogen and oxygen atoms in total. The van der Waals surface area contributed by atoms with Gasteiger partial charge in [0.25, 0.3) is 0 Å². The van der Waals surface area contributed by atoms with Crippen LogP contribution >= 0.6 is 0 Å². The third kappa shape index (κ3) is 2.43. The molecule has 1 radical (unpaired) electrons. The monoisotopic (exact) mass is 166 g/mol. The number of rotatable bonds is 4. The minimum Gasteiger partial charge on any atom is -0.289 e.